The number of nitrogens with zero attached hydrogens (tertiary/aromatic N) is 3. The molecule has 0 spiro atoms. The third-order valence-electron chi connectivity index (χ3n) is 4.45. The highest BCUT2D eigenvalue weighted by Crippen LogP contribution is 2.36. The first-order chi connectivity index (χ1) is 11.3. The summed E-state index contributed by atoms with van der Waals surface area (Å²) in [7, 11) is -2.33. The van der Waals surface area contributed by atoms with Crippen LogP contribution >= 0.6 is 0 Å². The van der Waals surface area contributed by atoms with Crippen LogP contribution in [0.25, 0.3) is 0 Å². The maximum Gasteiger partial charge on any atom is 0.246 e. The number of hydrogen-bond donors (Lipinski definition) is 0. The van der Waals surface area contributed by atoms with E-state index in [2.05, 4.69) is 5.10 Å². The number of sulfonamides is 1. The van der Waals surface area contributed by atoms with E-state index in [-0.39, 0.29) is 5.56 Å². The molecule has 1 atom stereocenters. The molecule has 1 aliphatic rings. The van der Waals surface area contributed by atoms with Gasteiger partial charge in [-0.3, -0.25) is 4.68 Å². The van der Waals surface area contributed by atoms with Crippen molar-refractivity contribution in [2.24, 2.45) is 7.05 Å². The lowest BCUT2D eigenvalue weighted by atomic mass is 10.0. The summed E-state index contributed by atoms with van der Waals surface area (Å²) < 4.78 is 56.6. The van der Waals surface area contributed by atoms with Crippen molar-refractivity contribution >= 4 is 10.0 Å². The van der Waals surface area contributed by atoms with Crippen LogP contribution in [0.5, 0.6) is 0 Å². The quantitative estimate of drug-likeness (QED) is 0.851. The number of benzene rings is 1. The average Bonchev–Trinajstić information content (AvgIpc) is 2.96. The third kappa shape index (κ3) is 2.84. The molecule has 5 nitrogen and oxygen atoms in total. The molecule has 2 heterocycles. The molecule has 8 heteroatoms. The Labute approximate surface area is 139 Å². The first kappa shape index (κ1) is 17.0. The first-order valence-electron chi connectivity index (χ1n) is 7.78. The minimum absolute atomic E-state index is 0.101. The average molecular weight is 355 g/mol. The van der Waals surface area contributed by atoms with E-state index in [9.17, 15) is 17.2 Å². The Morgan fingerprint density at radius 2 is 1.96 bits per heavy atom. The molecule has 0 radical (unpaired) electrons. The zero-order valence-corrected chi connectivity index (χ0v) is 14.4. The SMILES string of the molecule is Cc1cc(S(=O)(=O)N2CCCC[C@@H]2c2ccnn2C)c(F)cc1F. The minimum atomic E-state index is -4.07. The number of halogens is 2. The molecule has 0 aliphatic carbocycles. The van der Waals surface area contributed by atoms with E-state index in [1.54, 1.807) is 24.0 Å². The van der Waals surface area contributed by atoms with Crippen molar-refractivity contribution in [2.45, 2.75) is 37.1 Å². The van der Waals surface area contributed by atoms with Gasteiger partial charge in [-0.15, -0.1) is 0 Å². The summed E-state index contributed by atoms with van der Waals surface area (Å²) in [4.78, 5) is -0.476. The number of aromatic nitrogens is 2. The highest BCUT2D eigenvalue weighted by molar-refractivity contribution is 7.89. The molecule has 1 aliphatic heterocycles. The molecular formula is C16H19F2N3O2S. The van der Waals surface area contributed by atoms with Crippen LogP contribution in [-0.4, -0.2) is 29.0 Å². The third-order valence-corrected chi connectivity index (χ3v) is 6.38. The van der Waals surface area contributed by atoms with Crippen LogP contribution in [0, 0.1) is 18.6 Å². The van der Waals surface area contributed by atoms with E-state index in [1.165, 1.54) is 11.2 Å². The van der Waals surface area contributed by atoms with Crippen molar-refractivity contribution in [2.75, 3.05) is 6.54 Å². The van der Waals surface area contributed by atoms with Gasteiger partial charge in [0.1, 0.15) is 16.5 Å². The lowest BCUT2D eigenvalue weighted by Crippen LogP contribution is -2.39. The van der Waals surface area contributed by atoms with Gasteiger partial charge in [0, 0.05) is 25.9 Å². The molecule has 130 valence electrons. The second-order valence-corrected chi connectivity index (χ2v) is 7.90. The summed E-state index contributed by atoms with van der Waals surface area (Å²) in [5.74, 6) is -1.82. The van der Waals surface area contributed by atoms with E-state index in [1.807, 2.05) is 0 Å². The Morgan fingerprint density at radius 3 is 2.62 bits per heavy atom. The lowest BCUT2D eigenvalue weighted by Gasteiger charge is -2.34. The smallest absolute Gasteiger partial charge is 0.246 e. The van der Waals surface area contributed by atoms with Crippen LogP contribution in [-0.2, 0) is 17.1 Å². The monoisotopic (exact) mass is 355 g/mol. The topological polar surface area (TPSA) is 55.2 Å². The summed E-state index contributed by atoms with van der Waals surface area (Å²) in [6.45, 7) is 1.72. The number of rotatable bonds is 3. The minimum Gasteiger partial charge on any atom is -0.271 e. The highest BCUT2D eigenvalue weighted by atomic mass is 32.2. The van der Waals surface area contributed by atoms with Gasteiger partial charge in [0.25, 0.3) is 0 Å². The van der Waals surface area contributed by atoms with Gasteiger partial charge in [0.05, 0.1) is 11.7 Å². The predicted molar refractivity (Wildman–Crippen MR) is 84.8 cm³/mol. The molecule has 0 unspecified atom stereocenters. The van der Waals surface area contributed by atoms with E-state index in [0.29, 0.717) is 25.5 Å². The lowest BCUT2D eigenvalue weighted by molar-refractivity contribution is 0.245. The number of hydrogen-bond acceptors (Lipinski definition) is 3. The van der Waals surface area contributed by atoms with Crippen molar-refractivity contribution in [3.05, 3.63) is 47.3 Å². The highest BCUT2D eigenvalue weighted by Gasteiger charge is 2.37. The second kappa shape index (κ2) is 6.25. The van der Waals surface area contributed by atoms with Gasteiger partial charge in [-0.2, -0.15) is 9.40 Å². The molecule has 1 aromatic heterocycles. The Balaban J connectivity index is 2.07. The Hall–Kier alpha value is -1.80. The summed E-state index contributed by atoms with van der Waals surface area (Å²) >= 11 is 0. The maximum absolute atomic E-state index is 14.2. The van der Waals surface area contributed by atoms with E-state index >= 15 is 0 Å². The van der Waals surface area contributed by atoms with Crippen molar-refractivity contribution in [1.82, 2.24) is 14.1 Å². The molecule has 1 fully saturated rings. The first-order valence-corrected chi connectivity index (χ1v) is 9.22. The molecule has 1 aromatic carbocycles. The van der Waals surface area contributed by atoms with Crippen LogP contribution in [0.15, 0.2) is 29.3 Å². The standard InChI is InChI=1S/C16H19F2N3O2S/c1-11-9-16(13(18)10-12(11)17)24(22,23)21-8-4-3-5-15(21)14-6-7-19-20(14)2/h6-7,9-10,15H,3-5,8H2,1-2H3/t15-/m1/s1. The molecule has 3 rings (SSSR count). The Morgan fingerprint density at radius 1 is 1.21 bits per heavy atom. The summed E-state index contributed by atoms with van der Waals surface area (Å²) in [5.41, 5.74) is 0.863. The molecule has 0 saturated carbocycles. The molecule has 1 saturated heterocycles. The van der Waals surface area contributed by atoms with Gasteiger partial charge in [-0.25, -0.2) is 17.2 Å². The molecule has 0 amide bonds. The Bertz CT molecular complexity index is 864. The summed E-state index contributed by atoms with van der Waals surface area (Å²) in [6, 6.07) is 3.06. The Kier molecular flexibility index (Phi) is 4.44. The van der Waals surface area contributed by atoms with Crippen LogP contribution in [0.3, 0.4) is 0 Å². The predicted octanol–water partition coefficient (Wildman–Crippen LogP) is 2.92. The van der Waals surface area contributed by atoms with Crippen LogP contribution in [0.2, 0.25) is 0 Å². The van der Waals surface area contributed by atoms with Crippen LogP contribution in [0.4, 0.5) is 8.78 Å². The molecule has 0 N–H and O–H groups in total. The van der Waals surface area contributed by atoms with Gasteiger partial charge in [0.2, 0.25) is 10.0 Å². The van der Waals surface area contributed by atoms with Crippen molar-refractivity contribution in [3.8, 4) is 0 Å². The molecule has 2 aromatic rings. The van der Waals surface area contributed by atoms with Crippen LogP contribution < -0.4 is 0 Å². The van der Waals surface area contributed by atoms with Gasteiger partial charge in [-0.05, 0) is 37.5 Å². The van der Waals surface area contributed by atoms with Crippen molar-refractivity contribution in [3.63, 3.8) is 0 Å². The van der Waals surface area contributed by atoms with Gasteiger partial charge in [0.15, 0.2) is 0 Å². The fourth-order valence-corrected chi connectivity index (χ4v) is 4.96. The normalized spacial score (nSPS) is 19.6. The largest absolute Gasteiger partial charge is 0.271 e. The van der Waals surface area contributed by atoms with Gasteiger partial charge < -0.3 is 0 Å². The summed E-state index contributed by atoms with van der Waals surface area (Å²) in [6.07, 6.45) is 3.83. The van der Waals surface area contributed by atoms with E-state index < -0.39 is 32.6 Å². The van der Waals surface area contributed by atoms with Gasteiger partial charge in [-0.1, -0.05) is 6.42 Å². The molecular weight excluding hydrogens is 336 g/mol. The fourth-order valence-electron chi connectivity index (χ4n) is 3.15. The number of aryl methyl sites for hydroxylation is 2. The zero-order chi connectivity index (χ0) is 17.5. The van der Waals surface area contributed by atoms with E-state index in [4.69, 9.17) is 0 Å². The second-order valence-electron chi connectivity index (χ2n) is 6.04. The summed E-state index contributed by atoms with van der Waals surface area (Å²) in [5, 5.41) is 4.10. The van der Waals surface area contributed by atoms with Gasteiger partial charge >= 0.3 is 0 Å². The van der Waals surface area contributed by atoms with Crippen molar-refractivity contribution < 1.29 is 17.2 Å². The fraction of sp³-hybridized carbons (Fsp3) is 0.438. The number of piperidine rings is 1. The molecule has 0 bridgehead atoms. The van der Waals surface area contributed by atoms with Crippen LogP contribution in [0.1, 0.15) is 36.6 Å². The van der Waals surface area contributed by atoms with E-state index in [0.717, 1.165) is 18.2 Å². The maximum atomic E-state index is 14.2. The zero-order valence-electron chi connectivity index (χ0n) is 13.5. The molecule has 24 heavy (non-hydrogen) atoms. The van der Waals surface area contributed by atoms with Crippen molar-refractivity contribution in [1.29, 1.82) is 0 Å².